The third-order valence-electron chi connectivity index (χ3n) is 2.79. The first-order chi connectivity index (χ1) is 9.97. The monoisotopic (exact) mass is 349 g/mol. The fourth-order valence-corrected chi connectivity index (χ4v) is 3.00. The van der Waals surface area contributed by atoms with E-state index in [1.807, 2.05) is 6.92 Å². The number of ether oxygens (including phenoxy) is 1. The van der Waals surface area contributed by atoms with Gasteiger partial charge in [0, 0.05) is 23.0 Å². The number of carbonyl (C=O) groups excluding carboxylic acids is 2. The molecule has 1 aromatic rings. The van der Waals surface area contributed by atoms with Crippen LogP contribution in [0.15, 0.2) is 23.1 Å². The van der Waals surface area contributed by atoms with Crippen molar-refractivity contribution in [3.05, 3.63) is 28.2 Å². The van der Waals surface area contributed by atoms with Gasteiger partial charge in [-0.15, -0.1) is 11.8 Å². The smallest absolute Gasteiger partial charge is 0.307 e. The molecule has 0 saturated heterocycles. The lowest BCUT2D eigenvalue weighted by Crippen LogP contribution is -2.34. The zero-order chi connectivity index (χ0) is 15.8. The van der Waals surface area contributed by atoms with Gasteiger partial charge in [-0.05, 0) is 25.1 Å². The highest BCUT2D eigenvalue weighted by atomic mass is 35.5. The minimum atomic E-state index is -0.327. The van der Waals surface area contributed by atoms with Crippen molar-refractivity contribution in [2.45, 2.75) is 18.2 Å². The minimum absolute atomic E-state index is 0.0533. The van der Waals surface area contributed by atoms with Crippen LogP contribution < -0.4 is 0 Å². The Balaban J connectivity index is 2.54. The number of halogens is 2. The van der Waals surface area contributed by atoms with E-state index in [0.29, 0.717) is 23.1 Å². The maximum Gasteiger partial charge on any atom is 0.307 e. The molecule has 0 N–H and O–H groups in total. The normalized spacial score (nSPS) is 10.3. The van der Waals surface area contributed by atoms with Crippen LogP contribution in [0, 0.1) is 0 Å². The molecule has 0 heterocycles. The molecule has 0 aliphatic carbocycles. The SMILES string of the molecule is CCN(CCC(=O)OC)C(=O)CSc1cc(Cl)ccc1Cl. The van der Waals surface area contributed by atoms with Crippen LogP contribution in [0.4, 0.5) is 0 Å². The first-order valence-electron chi connectivity index (χ1n) is 6.40. The van der Waals surface area contributed by atoms with Crippen molar-refractivity contribution in [1.29, 1.82) is 0 Å². The molecule has 7 heteroatoms. The Labute approximate surface area is 138 Å². The Morgan fingerprint density at radius 2 is 2.05 bits per heavy atom. The summed E-state index contributed by atoms with van der Waals surface area (Å²) in [6.45, 7) is 2.76. The summed E-state index contributed by atoms with van der Waals surface area (Å²) in [6.07, 6.45) is 0.193. The fourth-order valence-electron chi connectivity index (χ4n) is 1.61. The first-order valence-corrected chi connectivity index (χ1v) is 8.14. The molecule has 1 rings (SSSR count). The van der Waals surface area contributed by atoms with E-state index in [1.54, 1.807) is 23.1 Å². The topological polar surface area (TPSA) is 46.6 Å². The van der Waals surface area contributed by atoms with Gasteiger partial charge in [0.1, 0.15) is 0 Å². The number of nitrogens with zero attached hydrogens (tertiary/aromatic N) is 1. The van der Waals surface area contributed by atoms with Gasteiger partial charge in [-0.25, -0.2) is 0 Å². The van der Waals surface area contributed by atoms with E-state index in [0.717, 1.165) is 4.90 Å². The number of carbonyl (C=O) groups is 2. The number of amides is 1. The maximum absolute atomic E-state index is 12.1. The average Bonchev–Trinajstić information content (AvgIpc) is 2.48. The highest BCUT2D eigenvalue weighted by Gasteiger charge is 2.14. The molecular formula is C14H17Cl2NO3S. The fraction of sp³-hybridized carbons (Fsp3) is 0.429. The molecule has 21 heavy (non-hydrogen) atoms. The quantitative estimate of drug-likeness (QED) is 0.558. The van der Waals surface area contributed by atoms with Gasteiger partial charge in [0.05, 0.1) is 24.3 Å². The van der Waals surface area contributed by atoms with Crippen molar-refractivity contribution in [2.24, 2.45) is 0 Å². The molecule has 0 aromatic heterocycles. The predicted molar refractivity (Wildman–Crippen MR) is 86.1 cm³/mol. The average molecular weight is 350 g/mol. The Morgan fingerprint density at radius 3 is 2.67 bits per heavy atom. The molecule has 1 aromatic carbocycles. The lowest BCUT2D eigenvalue weighted by molar-refractivity contribution is -0.141. The number of rotatable bonds is 7. The Morgan fingerprint density at radius 1 is 1.33 bits per heavy atom. The van der Waals surface area contributed by atoms with Crippen LogP contribution in [0.5, 0.6) is 0 Å². The van der Waals surface area contributed by atoms with Gasteiger partial charge < -0.3 is 9.64 Å². The standard InChI is InChI=1S/C14H17Cl2NO3S/c1-3-17(7-6-14(19)20-2)13(18)9-21-12-8-10(15)4-5-11(12)16/h4-5,8H,3,6-7,9H2,1-2H3. The maximum atomic E-state index is 12.1. The molecule has 0 bridgehead atoms. The van der Waals surface area contributed by atoms with Gasteiger partial charge >= 0.3 is 5.97 Å². The van der Waals surface area contributed by atoms with Crippen LogP contribution in [0.25, 0.3) is 0 Å². The third-order valence-corrected chi connectivity index (χ3v) is 4.51. The number of hydrogen-bond donors (Lipinski definition) is 0. The van der Waals surface area contributed by atoms with E-state index in [2.05, 4.69) is 4.74 Å². The van der Waals surface area contributed by atoms with Crippen LogP contribution in [0.2, 0.25) is 10.0 Å². The third kappa shape index (κ3) is 6.16. The summed E-state index contributed by atoms with van der Waals surface area (Å²) in [5.41, 5.74) is 0. The summed E-state index contributed by atoms with van der Waals surface area (Å²) in [7, 11) is 1.33. The second-order valence-electron chi connectivity index (χ2n) is 4.16. The van der Waals surface area contributed by atoms with Crippen molar-refractivity contribution < 1.29 is 14.3 Å². The van der Waals surface area contributed by atoms with E-state index < -0.39 is 0 Å². The van der Waals surface area contributed by atoms with Gasteiger partial charge in [0.15, 0.2) is 0 Å². The molecule has 0 aliphatic heterocycles. The first kappa shape index (κ1) is 18.1. The van der Waals surface area contributed by atoms with E-state index in [9.17, 15) is 9.59 Å². The van der Waals surface area contributed by atoms with Crippen LogP contribution in [0.1, 0.15) is 13.3 Å². The lowest BCUT2D eigenvalue weighted by atomic mass is 10.3. The number of hydrogen-bond acceptors (Lipinski definition) is 4. The van der Waals surface area contributed by atoms with Crippen LogP contribution in [-0.4, -0.2) is 42.7 Å². The lowest BCUT2D eigenvalue weighted by Gasteiger charge is -2.20. The van der Waals surface area contributed by atoms with Crippen LogP contribution in [-0.2, 0) is 14.3 Å². The summed E-state index contributed by atoms with van der Waals surface area (Å²) in [4.78, 5) is 25.6. The minimum Gasteiger partial charge on any atom is -0.469 e. The number of esters is 1. The summed E-state index contributed by atoms with van der Waals surface area (Å²) in [5, 5.41) is 1.14. The highest BCUT2D eigenvalue weighted by Crippen LogP contribution is 2.29. The van der Waals surface area contributed by atoms with Crippen LogP contribution in [0.3, 0.4) is 0 Å². The van der Waals surface area contributed by atoms with Crippen molar-refractivity contribution in [1.82, 2.24) is 4.90 Å². The molecule has 0 saturated carbocycles. The van der Waals surface area contributed by atoms with Gasteiger partial charge in [-0.2, -0.15) is 0 Å². The molecule has 0 radical (unpaired) electrons. The van der Waals surface area contributed by atoms with Gasteiger partial charge in [0.2, 0.25) is 5.91 Å². The Hall–Kier alpha value is -0.910. The van der Waals surface area contributed by atoms with Crippen LogP contribution >= 0.6 is 35.0 Å². The molecule has 0 spiro atoms. The molecule has 0 aliphatic rings. The van der Waals surface area contributed by atoms with Crippen molar-refractivity contribution in [3.8, 4) is 0 Å². The molecular weight excluding hydrogens is 333 g/mol. The summed E-state index contributed by atoms with van der Waals surface area (Å²) in [6, 6.07) is 5.13. The van der Waals surface area contributed by atoms with Crippen molar-refractivity contribution >= 4 is 46.8 Å². The number of benzene rings is 1. The highest BCUT2D eigenvalue weighted by molar-refractivity contribution is 8.00. The van der Waals surface area contributed by atoms with Gasteiger partial charge in [-0.3, -0.25) is 9.59 Å². The Bertz CT molecular complexity index is 511. The molecule has 0 fully saturated rings. The molecule has 4 nitrogen and oxygen atoms in total. The Kier molecular flexibility index (Phi) is 7.93. The van der Waals surface area contributed by atoms with E-state index in [4.69, 9.17) is 23.2 Å². The summed E-state index contributed by atoms with van der Waals surface area (Å²) >= 11 is 13.3. The molecule has 1 amide bonds. The second-order valence-corrected chi connectivity index (χ2v) is 6.02. The molecule has 116 valence electrons. The van der Waals surface area contributed by atoms with Gasteiger partial charge in [-0.1, -0.05) is 23.2 Å². The second kappa shape index (κ2) is 9.18. The zero-order valence-corrected chi connectivity index (χ0v) is 14.2. The zero-order valence-electron chi connectivity index (χ0n) is 11.9. The van der Waals surface area contributed by atoms with E-state index >= 15 is 0 Å². The summed E-state index contributed by atoms with van der Waals surface area (Å²) < 4.78 is 4.57. The van der Waals surface area contributed by atoms with E-state index in [1.165, 1.54) is 18.9 Å². The largest absolute Gasteiger partial charge is 0.469 e. The number of thioether (sulfide) groups is 1. The molecule has 0 unspecified atom stereocenters. The van der Waals surface area contributed by atoms with E-state index in [-0.39, 0.29) is 24.1 Å². The van der Waals surface area contributed by atoms with Gasteiger partial charge in [0.25, 0.3) is 0 Å². The number of methoxy groups -OCH3 is 1. The molecule has 0 atom stereocenters. The predicted octanol–water partition coefficient (Wildman–Crippen LogP) is 3.50. The summed E-state index contributed by atoms with van der Waals surface area (Å²) in [5.74, 6) is -0.135. The van der Waals surface area contributed by atoms with Crippen molar-refractivity contribution in [3.63, 3.8) is 0 Å². The van der Waals surface area contributed by atoms with Crippen molar-refractivity contribution in [2.75, 3.05) is 26.0 Å².